The fraction of sp³-hybridized carbons (Fsp3) is 0.600. The Morgan fingerprint density at radius 1 is 1.15 bits per heavy atom. The molecule has 0 N–H and O–H groups in total. The number of piperidine rings is 1. The molecule has 1 heterocycles. The summed E-state index contributed by atoms with van der Waals surface area (Å²) in [5.41, 5.74) is -0.125. The number of carbonyl (C=O) groups excluding carboxylic acids is 2. The first-order valence-electron chi connectivity index (χ1n) is 9.25. The third-order valence-corrected chi connectivity index (χ3v) is 4.76. The number of benzene rings is 1. The summed E-state index contributed by atoms with van der Waals surface area (Å²) in [6.07, 6.45) is 1.13. The number of nitrogens with zero attached hydrogens (tertiary/aromatic N) is 2. The van der Waals surface area contributed by atoms with Crippen LogP contribution in [0.25, 0.3) is 0 Å². The lowest BCUT2D eigenvalue weighted by Crippen LogP contribution is -2.47. The van der Waals surface area contributed by atoms with Crippen molar-refractivity contribution in [2.24, 2.45) is 11.8 Å². The number of amides is 2. The molecular weight excluding hydrogens is 338 g/mol. The molecule has 0 aromatic heterocycles. The van der Waals surface area contributed by atoms with E-state index in [9.17, 15) is 18.4 Å². The van der Waals surface area contributed by atoms with Gasteiger partial charge in [-0.15, -0.1) is 0 Å². The first kappa shape index (κ1) is 20.3. The standard InChI is InChI=1S/C20H28F2N2O2/c1-13(2)12-24(14(3)4)19(25)15-7-9-23(10-8-15)20(26)17-6-5-16(21)11-18(17)22/h5-6,11,13-15H,7-10,12H2,1-4H3. The van der Waals surface area contributed by atoms with Crippen LogP contribution in [0.15, 0.2) is 18.2 Å². The van der Waals surface area contributed by atoms with Gasteiger partial charge in [-0.05, 0) is 44.7 Å². The molecule has 0 spiro atoms. The summed E-state index contributed by atoms with van der Waals surface area (Å²) >= 11 is 0. The Kier molecular flexibility index (Phi) is 6.73. The van der Waals surface area contributed by atoms with Crippen molar-refractivity contribution in [2.45, 2.75) is 46.6 Å². The van der Waals surface area contributed by atoms with Crippen molar-refractivity contribution in [1.29, 1.82) is 0 Å². The Labute approximate surface area is 154 Å². The minimum absolute atomic E-state index is 0.113. The van der Waals surface area contributed by atoms with Crippen LogP contribution in [0.2, 0.25) is 0 Å². The Morgan fingerprint density at radius 2 is 1.77 bits per heavy atom. The maximum Gasteiger partial charge on any atom is 0.256 e. The third kappa shape index (κ3) is 4.80. The van der Waals surface area contributed by atoms with Gasteiger partial charge >= 0.3 is 0 Å². The van der Waals surface area contributed by atoms with E-state index in [0.29, 0.717) is 31.8 Å². The van der Waals surface area contributed by atoms with E-state index < -0.39 is 17.5 Å². The van der Waals surface area contributed by atoms with E-state index in [1.165, 1.54) is 6.07 Å². The summed E-state index contributed by atoms with van der Waals surface area (Å²) in [4.78, 5) is 28.8. The minimum Gasteiger partial charge on any atom is -0.340 e. The van der Waals surface area contributed by atoms with Crippen molar-refractivity contribution in [2.75, 3.05) is 19.6 Å². The normalized spacial score (nSPS) is 15.6. The van der Waals surface area contributed by atoms with Crippen molar-refractivity contribution < 1.29 is 18.4 Å². The van der Waals surface area contributed by atoms with E-state index in [1.54, 1.807) is 4.90 Å². The van der Waals surface area contributed by atoms with Crippen molar-refractivity contribution in [3.63, 3.8) is 0 Å². The SMILES string of the molecule is CC(C)CN(C(=O)C1CCN(C(=O)c2ccc(F)cc2F)CC1)C(C)C. The molecule has 0 atom stereocenters. The second kappa shape index (κ2) is 8.60. The van der Waals surface area contributed by atoms with E-state index in [2.05, 4.69) is 13.8 Å². The van der Waals surface area contributed by atoms with Crippen LogP contribution < -0.4 is 0 Å². The van der Waals surface area contributed by atoms with Crippen LogP contribution in [-0.4, -0.2) is 47.3 Å². The van der Waals surface area contributed by atoms with E-state index in [-0.39, 0.29) is 23.4 Å². The molecule has 2 amide bonds. The van der Waals surface area contributed by atoms with Crippen LogP contribution >= 0.6 is 0 Å². The predicted molar refractivity (Wildman–Crippen MR) is 96.7 cm³/mol. The molecule has 0 bridgehead atoms. The molecule has 0 unspecified atom stereocenters. The zero-order valence-corrected chi connectivity index (χ0v) is 16.0. The van der Waals surface area contributed by atoms with E-state index in [4.69, 9.17) is 0 Å². The number of carbonyl (C=O) groups is 2. The monoisotopic (exact) mass is 366 g/mol. The van der Waals surface area contributed by atoms with E-state index in [1.807, 2.05) is 18.7 Å². The molecule has 1 aliphatic rings. The first-order chi connectivity index (χ1) is 12.2. The molecular formula is C20H28F2N2O2. The molecule has 26 heavy (non-hydrogen) atoms. The summed E-state index contributed by atoms with van der Waals surface area (Å²) in [5.74, 6) is -1.59. The van der Waals surface area contributed by atoms with Crippen LogP contribution in [0, 0.1) is 23.5 Å². The fourth-order valence-corrected chi connectivity index (χ4v) is 3.35. The van der Waals surface area contributed by atoms with Crippen molar-refractivity contribution >= 4 is 11.8 Å². The number of rotatable bonds is 5. The average Bonchev–Trinajstić information content (AvgIpc) is 2.58. The molecule has 1 aromatic rings. The molecule has 1 fully saturated rings. The fourth-order valence-electron chi connectivity index (χ4n) is 3.35. The lowest BCUT2D eigenvalue weighted by Gasteiger charge is -2.36. The Balaban J connectivity index is 1.99. The quantitative estimate of drug-likeness (QED) is 0.797. The zero-order chi connectivity index (χ0) is 19.4. The highest BCUT2D eigenvalue weighted by Gasteiger charge is 2.32. The molecule has 0 saturated carbocycles. The van der Waals surface area contributed by atoms with Gasteiger partial charge in [-0.25, -0.2) is 8.78 Å². The molecule has 1 aliphatic heterocycles. The van der Waals surface area contributed by atoms with Crippen LogP contribution in [0.5, 0.6) is 0 Å². The minimum atomic E-state index is -0.851. The summed E-state index contributed by atoms with van der Waals surface area (Å²) in [6.45, 7) is 9.71. The second-order valence-corrected chi connectivity index (χ2v) is 7.67. The average molecular weight is 366 g/mol. The van der Waals surface area contributed by atoms with Gasteiger partial charge in [-0.2, -0.15) is 0 Å². The highest BCUT2D eigenvalue weighted by molar-refractivity contribution is 5.94. The Bertz CT molecular complexity index is 653. The van der Waals surface area contributed by atoms with E-state index >= 15 is 0 Å². The van der Waals surface area contributed by atoms with Gasteiger partial charge in [0.15, 0.2) is 0 Å². The number of halogens is 2. The van der Waals surface area contributed by atoms with Crippen LogP contribution in [0.4, 0.5) is 8.78 Å². The number of hydrogen-bond acceptors (Lipinski definition) is 2. The predicted octanol–water partition coefficient (Wildman–Crippen LogP) is 3.71. The summed E-state index contributed by atoms with van der Waals surface area (Å²) in [6, 6.07) is 3.11. The topological polar surface area (TPSA) is 40.6 Å². The Morgan fingerprint density at radius 3 is 2.27 bits per heavy atom. The van der Waals surface area contributed by atoms with Gasteiger partial charge in [0.1, 0.15) is 11.6 Å². The second-order valence-electron chi connectivity index (χ2n) is 7.67. The molecule has 0 aliphatic carbocycles. The maximum atomic E-state index is 13.8. The molecule has 1 aromatic carbocycles. The van der Waals surface area contributed by atoms with Gasteiger partial charge in [-0.1, -0.05) is 13.8 Å². The van der Waals surface area contributed by atoms with Gasteiger partial charge in [0.05, 0.1) is 5.56 Å². The van der Waals surface area contributed by atoms with Gasteiger partial charge < -0.3 is 9.80 Å². The molecule has 2 rings (SSSR count). The van der Waals surface area contributed by atoms with Crippen molar-refractivity contribution in [3.8, 4) is 0 Å². The van der Waals surface area contributed by atoms with Gasteiger partial charge in [0.25, 0.3) is 5.91 Å². The van der Waals surface area contributed by atoms with Crippen LogP contribution in [0.1, 0.15) is 50.9 Å². The van der Waals surface area contributed by atoms with Crippen LogP contribution in [-0.2, 0) is 4.79 Å². The summed E-state index contributed by atoms with van der Waals surface area (Å²) < 4.78 is 26.8. The Hall–Kier alpha value is -1.98. The zero-order valence-electron chi connectivity index (χ0n) is 16.0. The van der Waals surface area contributed by atoms with Crippen molar-refractivity contribution in [1.82, 2.24) is 9.80 Å². The van der Waals surface area contributed by atoms with Gasteiger partial charge in [-0.3, -0.25) is 9.59 Å². The number of likely N-dealkylation sites (tertiary alicyclic amines) is 1. The molecule has 0 radical (unpaired) electrons. The number of hydrogen-bond donors (Lipinski definition) is 0. The highest BCUT2D eigenvalue weighted by Crippen LogP contribution is 2.23. The molecule has 4 nitrogen and oxygen atoms in total. The largest absolute Gasteiger partial charge is 0.340 e. The molecule has 144 valence electrons. The van der Waals surface area contributed by atoms with Crippen LogP contribution in [0.3, 0.4) is 0 Å². The third-order valence-electron chi connectivity index (χ3n) is 4.76. The maximum absolute atomic E-state index is 13.8. The molecule has 1 saturated heterocycles. The lowest BCUT2D eigenvalue weighted by atomic mass is 9.93. The van der Waals surface area contributed by atoms with Crippen molar-refractivity contribution in [3.05, 3.63) is 35.4 Å². The highest BCUT2D eigenvalue weighted by atomic mass is 19.1. The lowest BCUT2D eigenvalue weighted by molar-refractivity contribution is -0.139. The summed E-state index contributed by atoms with van der Waals surface area (Å²) in [5, 5.41) is 0. The van der Waals surface area contributed by atoms with E-state index in [0.717, 1.165) is 18.7 Å². The molecule has 6 heteroatoms. The van der Waals surface area contributed by atoms with Gasteiger partial charge in [0, 0.05) is 37.7 Å². The van der Waals surface area contributed by atoms with Gasteiger partial charge in [0.2, 0.25) is 5.91 Å². The summed E-state index contributed by atoms with van der Waals surface area (Å²) in [7, 11) is 0. The first-order valence-corrected chi connectivity index (χ1v) is 9.25. The smallest absolute Gasteiger partial charge is 0.256 e.